The first-order chi connectivity index (χ1) is 15.9. The first-order valence-corrected chi connectivity index (χ1v) is 11.1. The Labute approximate surface area is 192 Å². The summed E-state index contributed by atoms with van der Waals surface area (Å²) in [4.78, 5) is 40.8. The second kappa shape index (κ2) is 8.03. The molecule has 2 amide bonds. The van der Waals surface area contributed by atoms with Gasteiger partial charge in [0.15, 0.2) is 11.7 Å². The number of ether oxygens (including phenoxy) is 1. The van der Waals surface area contributed by atoms with Crippen molar-refractivity contribution in [3.63, 3.8) is 0 Å². The highest BCUT2D eigenvalue weighted by Crippen LogP contribution is 2.56. The van der Waals surface area contributed by atoms with Gasteiger partial charge < -0.3 is 19.4 Å². The lowest BCUT2D eigenvalue weighted by atomic mass is 9.95. The van der Waals surface area contributed by atoms with Crippen molar-refractivity contribution < 1.29 is 23.5 Å². The van der Waals surface area contributed by atoms with Gasteiger partial charge in [0.25, 0.3) is 0 Å². The topological polar surface area (TPSA) is 143 Å². The Kier molecular flexibility index (Phi) is 5.16. The number of aromatic amines is 1. The number of H-pyrrole nitrogens is 1. The summed E-state index contributed by atoms with van der Waals surface area (Å²) < 4.78 is 10.3. The fourth-order valence-corrected chi connectivity index (χ4v) is 5.82. The van der Waals surface area contributed by atoms with E-state index >= 15 is 0 Å². The monoisotopic (exact) mass is 468 g/mol. The van der Waals surface area contributed by atoms with Crippen LogP contribution in [0.2, 0.25) is 0 Å². The Morgan fingerprint density at radius 1 is 1.24 bits per heavy atom. The summed E-state index contributed by atoms with van der Waals surface area (Å²) in [6.45, 7) is 3.97. The van der Waals surface area contributed by atoms with Gasteiger partial charge in [-0.3, -0.25) is 14.4 Å². The van der Waals surface area contributed by atoms with Gasteiger partial charge in [-0.15, -0.1) is 16.9 Å². The number of rotatable bonds is 6. The number of hydrogen-bond acceptors (Lipinski definition) is 9. The second-order valence-corrected chi connectivity index (χ2v) is 9.99. The number of esters is 1. The largest absolute Gasteiger partial charge is 0.468 e. The predicted octanol–water partition coefficient (Wildman–Crippen LogP) is 1.40. The number of hydrogen-bond donors (Lipinski definition) is 2. The zero-order valence-corrected chi connectivity index (χ0v) is 18.5. The number of nitrogens with one attached hydrogen (secondary N) is 2. The van der Waals surface area contributed by atoms with Gasteiger partial charge in [-0.05, 0) is 48.5 Å². The molecule has 2 N–H and O–H groups in total. The van der Waals surface area contributed by atoms with E-state index in [4.69, 9.17) is 9.15 Å². The fourth-order valence-electron chi connectivity index (χ4n) is 4.18. The summed E-state index contributed by atoms with van der Waals surface area (Å²) in [7, 11) is 0. The normalized spacial score (nSPS) is 24.0. The van der Waals surface area contributed by atoms with Gasteiger partial charge in [-0.25, -0.2) is 5.10 Å². The fraction of sp³-hybridized carbons (Fsp3) is 0.333. The average Bonchev–Trinajstić information content (AvgIpc) is 3.53. The molecular weight excluding hydrogens is 448 g/mol. The van der Waals surface area contributed by atoms with E-state index in [1.54, 1.807) is 41.3 Å². The second-order valence-electron chi connectivity index (χ2n) is 8.22. The van der Waals surface area contributed by atoms with Crippen LogP contribution >= 0.6 is 11.8 Å². The molecule has 0 bridgehead atoms. The maximum atomic E-state index is 13.2. The Morgan fingerprint density at radius 2 is 2.03 bits per heavy atom. The molecule has 4 heterocycles. The zero-order chi connectivity index (χ0) is 23.2. The van der Waals surface area contributed by atoms with E-state index in [0.29, 0.717) is 11.6 Å². The molecular formula is C21H20N6O5S. The third kappa shape index (κ3) is 3.65. The quantitative estimate of drug-likeness (QED) is 0.237. The van der Waals surface area contributed by atoms with E-state index < -0.39 is 28.6 Å². The molecule has 0 aliphatic carbocycles. The summed E-state index contributed by atoms with van der Waals surface area (Å²) in [6, 6.07) is 10.4. The average molecular weight is 468 g/mol. The molecule has 11 nitrogen and oxygen atoms in total. The molecule has 2 aliphatic rings. The lowest BCUT2D eigenvalue weighted by Gasteiger charge is -2.44. The van der Waals surface area contributed by atoms with Gasteiger partial charge in [0.2, 0.25) is 11.8 Å². The molecule has 5 rings (SSSR count). The van der Waals surface area contributed by atoms with Crippen LogP contribution in [0.4, 0.5) is 0 Å². The van der Waals surface area contributed by atoms with Crippen molar-refractivity contribution in [3.05, 3.63) is 60.3 Å². The number of benzene rings is 1. The van der Waals surface area contributed by atoms with E-state index in [1.165, 1.54) is 24.1 Å². The number of thioether (sulfide) groups is 1. The standard InChI is InChI=1S/C21H20N6O5S/c1-21(2)15(16-23-25-26-24-16)27-18(29)14(19(27)33-21)22-17(28)13(12-9-6-10-31-12)20(30)32-11-7-4-3-5-8-11/h3-10,13-15,19H,1-2H3,(H,22,28)(H,23,24,25,26)/t13?,14?,15?,19-/m1/s1. The summed E-state index contributed by atoms with van der Waals surface area (Å²) in [5, 5.41) is 16.3. The highest BCUT2D eigenvalue weighted by atomic mass is 32.2. The molecule has 2 aromatic heterocycles. The molecule has 12 heteroatoms. The zero-order valence-electron chi connectivity index (χ0n) is 17.7. The highest BCUT2D eigenvalue weighted by molar-refractivity contribution is 8.01. The minimum Gasteiger partial charge on any atom is -0.468 e. The number of carbonyl (C=O) groups is 3. The van der Waals surface area contributed by atoms with Crippen molar-refractivity contribution in [3.8, 4) is 5.75 Å². The number of tetrazole rings is 1. The molecule has 2 aliphatic heterocycles. The van der Waals surface area contributed by atoms with Crippen LogP contribution in [0.3, 0.4) is 0 Å². The minimum absolute atomic E-state index is 0.127. The van der Waals surface area contributed by atoms with Crippen LogP contribution in [-0.2, 0) is 14.4 Å². The molecule has 0 radical (unpaired) electrons. The Bertz CT molecular complexity index is 1170. The minimum atomic E-state index is -1.37. The van der Waals surface area contributed by atoms with Crippen LogP contribution < -0.4 is 10.1 Å². The van der Waals surface area contributed by atoms with Gasteiger partial charge in [0, 0.05) is 4.75 Å². The Balaban J connectivity index is 1.34. The van der Waals surface area contributed by atoms with Crippen LogP contribution in [0.25, 0.3) is 0 Å². The first-order valence-electron chi connectivity index (χ1n) is 10.2. The summed E-state index contributed by atoms with van der Waals surface area (Å²) in [6.07, 6.45) is 1.37. The number of para-hydroxylation sites is 1. The number of furan rings is 1. The van der Waals surface area contributed by atoms with E-state index in [0.717, 1.165) is 0 Å². The lowest BCUT2D eigenvalue weighted by molar-refractivity contribution is -0.153. The van der Waals surface area contributed by atoms with Crippen molar-refractivity contribution >= 4 is 29.5 Å². The third-order valence-corrected chi connectivity index (χ3v) is 7.22. The van der Waals surface area contributed by atoms with Gasteiger partial charge in [-0.1, -0.05) is 18.2 Å². The van der Waals surface area contributed by atoms with Crippen molar-refractivity contribution in [1.29, 1.82) is 0 Å². The van der Waals surface area contributed by atoms with Crippen LogP contribution in [-0.4, -0.2) is 59.5 Å². The molecule has 2 fully saturated rings. The summed E-state index contributed by atoms with van der Waals surface area (Å²) >= 11 is 1.53. The Morgan fingerprint density at radius 3 is 2.70 bits per heavy atom. The molecule has 3 unspecified atom stereocenters. The molecule has 4 atom stereocenters. The third-order valence-electron chi connectivity index (χ3n) is 5.65. The molecule has 33 heavy (non-hydrogen) atoms. The number of carbonyl (C=O) groups excluding carboxylic acids is 3. The van der Waals surface area contributed by atoms with Gasteiger partial charge >= 0.3 is 5.97 Å². The lowest BCUT2D eigenvalue weighted by Crippen LogP contribution is -2.68. The van der Waals surface area contributed by atoms with Crippen molar-refractivity contribution in [1.82, 2.24) is 30.8 Å². The molecule has 0 spiro atoms. The van der Waals surface area contributed by atoms with Gasteiger partial charge in [-0.2, -0.15) is 0 Å². The SMILES string of the molecule is CC1(C)S[C@@H]2C(NC(=O)C(C(=O)Oc3ccccc3)c3ccco3)C(=O)N2C1c1nnn[nH]1. The maximum absolute atomic E-state index is 13.2. The van der Waals surface area contributed by atoms with Gasteiger partial charge in [0.05, 0.1) is 6.26 Å². The maximum Gasteiger partial charge on any atom is 0.331 e. The smallest absolute Gasteiger partial charge is 0.331 e. The Hall–Kier alpha value is -3.67. The first kappa shape index (κ1) is 21.2. The molecule has 0 saturated carbocycles. The predicted molar refractivity (Wildman–Crippen MR) is 115 cm³/mol. The number of fused-ring (bicyclic) bond motifs is 1. The van der Waals surface area contributed by atoms with Crippen LogP contribution in [0, 0.1) is 0 Å². The molecule has 170 valence electrons. The van der Waals surface area contributed by atoms with Gasteiger partial charge in [0.1, 0.15) is 29.0 Å². The molecule has 1 aromatic carbocycles. The van der Waals surface area contributed by atoms with Crippen molar-refractivity contribution in [2.24, 2.45) is 0 Å². The van der Waals surface area contributed by atoms with E-state index in [2.05, 4.69) is 25.9 Å². The number of β-lactam (4-membered cyclic amide) rings is 1. The van der Waals surface area contributed by atoms with Crippen molar-refractivity contribution in [2.45, 2.75) is 42.0 Å². The van der Waals surface area contributed by atoms with Crippen LogP contribution in [0.1, 0.15) is 37.4 Å². The summed E-state index contributed by atoms with van der Waals surface area (Å²) in [5.41, 5.74) is 0. The summed E-state index contributed by atoms with van der Waals surface area (Å²) in [5.74, 6) is -2.21. The molecule has 2 saturated heterocycles. The van der Waals surface area contributed by atoms with E-state index in [-0.39, 0.29) is 23.1 Å². The van der Waals surface area contributed by atoms with E-state index in [1.807, 2.05) is 13.8 Å². The van der Waals surface area contributed by atoms with Crippen LogP contribution in [0.5, 0.6) is 5.75 Å². The number of amides is 2. The van der Waals surface area contributed by atoms with Crippen molar-refractivity contribution in [2.75, 3.05) is 0 Å². The number of aromatic nitrogens is 4. The van der Waals surface area contributed by atoms with E-state index in [9.17, 15) is 14.4 Å². The molecule has 3 aromatic rings. The number of nitrogens with zero attached hydrogens (tertiary/aromatic N) is 4. The van der Waals surface area contributed by atoms with Crippen LogP contribution in [0.15, 0.2) is 53.1 Å². The highest BCUT2D eigenvalue weighted by Gasteiger charge is 2.63.